The smallest absolute Gasteiger partial charge is 0.497 e. The molecular formula is C27H32F2N2O4SSe. The van der Waals surface area contributed by atoms with E-state index in [9.17, 15) is 18.7 Å². The first-order chi connectivity index (χ1) is 17.9. The third kappa shape index (κ3) is 7.12. The van der Waals surface area contributed by atoms with Crippen molar-refractivity contribution in [3.8, 4) is 5.75 Å². The van der Waals surface area contributed by atoms with Crippen LogP contribution < -0.4 is 4.74 Å². The Morgan fingerprint density at radius 1 is 1.27 bits per heavy atom. The van der Waals surface area contributed by atoms with E-state index >= 15 is 0 Å². The maximum absolute atomic E-state index is 12.9. The van der Waals surface area contributed by atoms with Gasteiger partial charge < -0.3 is 4.74 Å². The number of aromatic nitrogens is 1. The number of halogens is 2. The molecular weight excluding hydrogens is 565 g/mol. The number of benzene rings is 1. The number of alkyl halides is 2. The van der Waals surface area contributed by atoms with E-state index in [1.54, 1.807) is 31.1 Å². The van der Waals surface area contributed by atoms with E-state index < -0.39 is 12.5 Å². The number of hydrogen-bond donors (Lipinski definition) is 1. The summed E-state index contributed by atoms with van der Waals surface area (Å²) in [5.41, 5.74) is 1.60. The van der Waals surface area contributed by atoms with Gasteiger partial charge in [-0.3, -0.25) is 4.98 Å². The van der Waals surface area contributed by atoms with Gasteiger partial charge in [-0.1, -0.05) is 0 Å². The fraction of sp³-hybridized carbons (Fsp3) is 0.481. The Morgan fingerprint density at radius 3 is 2.84 bits per heavy atom. The van der Waals surface area contributed by atoms with Crippen LogP contribution in [-0.4, -0.2) is 75.1 Å². The fourth-order valence-electron chi connectivity index (χ4n) is 4.93. The fourth-order valence-corrected chi connectivity index (χ4v) is 8.35. The predicted molar refractivity (Wildman–Crippen MR) is 142 cm³/mol. The number of piperidine rings is 1. The normalized spacial score (nSPS) is 19.3. The number of methoxy groups -OCH3 is 2. The summed E-state index contributed by atoms with van der Waals surface area (Å²) >= 11 is 1.36. The van der Waals surface area contributed by atoms with Crippen LogP contribution in [0.1, 0.15) is 41.8 Å². The molecule has 1 fully saturated rings. The number of carbonyl (C=O) groups is 1. The standard InChI is InChI=1S/C27H32F2N2O4SSe/c1-34-18-4-5-22-20(15-18)19(9-11-30-22)23(32)6-3-17-10-12-31(16-21(17)27(33)35-2)13-14-36-25-8-7-24(37-25)26(28)29/h4-5,7-9,11,15,17,21,23,26,32H,3,6,10,12-14,16H2,1-2H3/t17-,21+,23?/m1/s1. The Labute approximate surface area is 226 Å². The first-order valence-corrected chi connectivity index (χ1v) is 15.0. The molecule has 3 aromatic rings. The second kappa shape index (κ2) is 13.2. The summed E-state index contributed by atoms with van der Waals surface area (Å²) in [6.45, 7) is 2.25. The number of aliphatic hydroxyl groups excluding tert-OH is 1. The molecule has 0 bridgehead atoms. The number of nitrogens with zero attached hydrogens (tertiary/aromatic N) is 2. The zero-order valence-corrected chi connectivity index (χ0v) is 23.5. The number of hydrogen-bond acceptors (Lipinski definition) is 7. The minimum Gasteiger partial charge on any atom is -0.497 e. The molecule has 3 heterocycles. The zero-order chi connectivity index (χ0) is 26.4. The van der Waals surface area contributed by atoms with Crippen molar-refractivity contribution in [2.75, 3.05) is 39.6 Å². The molecule has 2 aromatic heterocycles. The molecule has 0 radical (unpaired) electrons. The van der Waals surface area contributed by atoms with Crippen LogP contribution in [0.25, 0.3) is 10.9 Å². The van der Waals surface area contributed by atoms with Gasteiger partial charge in [0.15, 0.2) is 0 Å². The van der Waals surface area contributed by atoms with Crippen LogP contribution >= 0.6 is 11.8 Å². The van der Waals surface area contributed by atoms with Crippen LogP contribution in [0.3, 0.4) is 0 Å². The first-order valence-electron chi connectivity index (χ1n) is 12.3. The Morgan fingerprint density at radius 2 is 2.11 bits per heavy atom. The molecule has 1 N–H and O–H groups in total. The Kier molecular flexibility index (Phi) is 10.0. The van der Waals surface area contributed by atoms with Gasteiger partial charge in [-0.05, 0) is 24.3 Å². The van der Waals surface area contributed by atoms with Crippen molar-refractivity contribution in [1.82, 2.24) is 9.88 Å². The molecule has 37 heavy (non-hydrogen) atoms. The average molecular weight is 598 g/mol. The van der Waals surface area contributed by atoms with Gasteiger partial charge >= 0.3 is 163 Å². The van der Waals surface area contributed by atoms with Crippen molar-refractivity contribution in [3.63, 3.8) is 0 Å². The van der Waals surface area contributed by atoms with Gasteiger partial charge in [-0.15, -0.1) is 0 Å². The topological polar surface area (TPSA) is 71.9 Å². The van der Waals surface area contributed by atoms with Crippen molar-refractivity contribution in [3.05, 3.63) is 52.6 Å². The summed E-state index contributed by atoms with van der Waals surface area (Å²) < 4.78 is 37.4. The number of likely N-dealkylation sites (tertiary alicyclic amines) is 1. The van der Waals surface area contributed by atoms with Crippen molar-refractivity contribution < 1.29 is 28.2 Å². The molecule has 200 valence electrons. The Balaban J connectivity index is 1.34. The molecule has 1 unspecified atom stereocenters. The van der Waals surface area contributed by atoms with Crippen LogP contribution in [0.2, 0.25) is 0 Å². The molecule has 0 spiro atoms. The van der Waals surface area contributed by atoms with Gasteiger partial charge in [-0.25, -0.2) is 0 Å². The molecule has 1 aliphatic heterocycles. The van der Waals surface area contributed by atoms with Gasteiger partial charge in [-0.2, -0.15) is 0 Å². The van der Waals surface area contributed by atoms with Gasteiger partial charge in [0.05, 0.1) is 12.6 Å². The molecule has 1 aromatic carbocycles. The first kappa shape index (κ1) is 28.0. The monoisotopic (exact) mass is 598 g/mol. The molecule has 3 atom stereocenters. The summed E-state index contributed by atoms with van der Waals surface area (Å²) in [7, 11) is 3.03. The second-order valence-electron chi connectivity index (χ2n) is 9.16. The number of esters is 1. The van der Waals surface area contributed by atoms with Gasteiger partial charge in [0, 0.05) is 11.6 Å². The van der Waals surface area contributed by atoms with Gasteiger partial charge in [0.2, 0.25) is 0 Å². The van der Waals surface area contributed by atoms with E-state index in [0.29, 0.717) is 25.1 Å². The van der Waals surface area contributed by atoms with Crippen LogP contribution in [-0.2, 0) is 9.53 Å². The number of aliphatic hydroxyl groups is 1. The van der Waals surface area contributed by atoms with E-state index in [1.165, 1.54) is 7.11 Å². The number of fused-ring (bicyclic) bond motifs is 1. The van der Waals surface area contributed by atoms with E-state index in [0.717, 1.165) is 45.5 Å². The number of carbonyl (C=O) groups excluding carboxylic acids is 1. The van der Waals surface area contributed by atoms with Gasteiger partial charge in [0.25, 0.3) is 0 Å². The number of pyridine rings is 1. The minimum absolute atomic E-state index is 0.118. The SMILES string of the molecule is COC(=O)[C@H]1CN(CCSc2ccc(C(F)F)[se]2)CC[C@H]1CCC(O)c1ccnc2ccc(OC)cc12. The summed E-state index contributed by atoms with van der Waals surface area (Å²) in [4.78, 5) is 19.3. The van der Waals surface area contributed by atoms with E-state index in [-0.39, 0.29) is 36.7 Å². The Hall–Kier alpha value is -1.97. The second-order valence-corrected chi connectivity index (χ2v) is 13.2. The third-order valence-electron chi connectivity index (χ3n) is 6.97. The quantitative estimate of drug-likeness (QED) is 0.191. The minimum atomic E-state index is -2.37. The third-order valence-corrected chi connectivity index (χ3v) is 10.8. The average Bonchev–Trinajstić information content (AvgIpc) is 3.40. The van der Waals surface area contributed by atoms with E-state index in [4.69, 9.17) is 9.47 Å². The maximum atomic E-state index is 12.9. The molecule has 1 saturated heterocycles. The number of thioether (sulfide) groups is 1. The molecule has 1 aliphatic rings. The van der Waals surface area contributed by atoms with Gasteiger partial charge in [0.1, 0.15) is 5.75 Å². The van der Waals surface area contributed by atoms with Crippen LogP contribution in [0.15, 0.2) is 46.4 Å². The number of ether oxygens (including phenoxy) is 2. The molecule has 0 amide bonds. The van der Waals surface area contributed by atoms with Crippen molar-refractivity contribution in [1.29, 1.82) is 0 Å². The molecule has 0 saturated carbocycles. The zero-order valence-electron chi connectivity index (χ0n) is 20.9. The molecule has 6 nitrogen and oxygen atoms in total. The Bertz CT molecular complexity index is 1190. The molecule has 0 aliphatic carbocycles. The predicted octanol–water partition coefficient (Wildman–Crippen LogP) is 4.96. The van der Waals surface area contributed by atoms with Crippen LogP contribution in [0.5, 0.6) is 5.75 Å². The van der Waals surface area contributed by atoms with Crippen molar-refractivity contribution in [2.45, 2.75) is 35.6 Å². The van der Waals surface area contributed by atoms with E-state index in [1.807, 2.05) is 30.3 Å². The summed E-state index contributed by atoms with van der Waals surface area (Å²) in [5.74, 6) is 1.15. The van der Waals surface area contributed by atoms with Crippen LogP contribution in [0, 0.1) is 11.8 Å². The molecule has 4 rings (SSSR count). The van der Waals surface area contributed by atoms with Crippen molar-refractivity contribution in [2.24, 2.45) is 11.8 Å². The summed E-state index contributed by atoms with van der Waals surface area (Å²) in [6, 6.07) is 10.8. The summed E-state index contributed by atoms with van der Waals surface area (Å²) in [6.07, 6.45) is 0.723. The summed E-state index contributed by atoms with van der Waals surface area (Å²) in [5, 5.41) is 11.9. The van der Waals surface area contributed by atoms with E-state index in [2.05, 4.69) is 9.88 Å². The number of rotatable bonds is 11. The van der Waals surface area contributed by atoms with Crippen LogP contribution in [0.4, 0.5) is 8.78 Å². The molecule has 10 heteroatoms. The van der Waals surface area contributed by atoms with Crippen molar-refractivity contribution >= 4 is 43.1 Å².